The minimum Gasteiger partial charge on any atom is -0.443 e. The molecule has 10 heavy (non-hydrogen) atoms. The van der Waals surface area contributed by atoms with Gasteiger partial charge in [-0.1, -0.05) is 25.1 Å². The van der Waals surface area contributed by atoms with E-state index in [-0.39, 0.29) is 5.92 Å². The Hall–Kier alpha value is -0.500. The lowest BCUT2D eigenvalue weighted by molar-refractivity contribution is -0.140. The molecule has 0 amide bonds. The van der Waals surface area contributed by atoms with Crippen LogP contribution in [0.25, 0.3) is 0 Å². The van der Waals surface area contributed by atoms with Crippen molar-refractivity contribution in [2.75, 3.05) is 0 Å². The van der Waals surface area contributed by atoms with Crippen molar-refractivity contribution in [2.24, 2.45) is 5.92 Å². The van der Waals surface area contributed by atoms with Crippen LogP contribution in [0.4, 0.5) is 0 Å². The summed E-state index contributed by atoms with van der Waals surface area (Å²) in [4.78, 5) is 10.5. The molecule has 0 saturated heterocycles. The summed E-state index contributed by atoms with van der Waals surface area (Å²) in [5, 5.41) is 0. The highest BCUT2D eigenvalue weighted by Gasteiger charge is 2.12. The van der Waals surface area contributed by atoms with E-state index < -0.39 is 11.5 Å². The normalized spacial score (nSPS) is 12.8. The summed E-state index contributed by atoms with van der Waals surface area (Å²) in [7, 11) is 0. The molecule has 0 heterocycles. The van der Waals surface area contributed by atoms with Crippen LogP contribution in [0, 0.1) is 12.8 Å². The number of ether oxygens (including phenoxy) is 1. The van der Waals surface area contributed by atoms with Gasteiger partial charge in [-0.05, 0) is 6.92 Å². The van der Waals surface area contributed by atoms with E-state index >= 15 is 0 Å². The molecule has 0 aromatic rings. The molecule has 3 heteroatoms. The molecular weight excluding hydrogens is 152 g/mol. The number of rotatable bonds is 3. The van der Waals surface area contributed by atoms with Crippen LogP contribution in [0.5, 0.6) is 0 Å². The third-order valence-electron chi connectivity index (χ3n) is 0.843. The van der Waals surface area contributed by atoms with E-state index in [1.165, 1.54) is 0 Å². The molecule has 0 aliphatic rings. The van der Waals surface area contributed by atoms with Gasteiger partial charge in [0.25, 0.3) is 0 Å². The predicted octanol–water partition coefficient (Wildman–Crippen LogP) is 1.75. The van der Waals surface area contributed by atoms with Gasteiger partial charge in [-0.15, -0.1) is 0 Å². The highest BCUT2D eigenvalue weighted by Crippen LogP contribution is 2.10. The van der Waals surface area contributed by atoms with E-state index in [9.17, 15) is 4.79 Å². The van der Waals surface area contributed by atoms with Gasteiger partial charge in [0, 0.05) is 12.0 Å². The molecule has 0 aliphatic heterocycles. The minimum atomic E-state index is -0.662. The molecule has 1 radical (unpaired) electrons. The Morgan fingerprint density at radius 3 is 2.60 bits per heavy atom. The Balaban J connectivity index is 3.67. The Kier molecular flexibility index (Phi) is 4.12. The van der Waals surface area contributed by atoms with Crippen LogP contribution in [0.1, 0.15) is 6.92 Å². The molecule has 0 aliphatic carbocycles. The second-order valence-electron chi connectivity index (χ2n) is 1.97. The van der Waals surface area contributed by atoms with E-state index in [4.69, 9.17) is 11.6 Å². The second kappa shape index (κ2) is 4.34. The average Bonchev–Trinajstić information content (AvgIpc) is 1.87. The first-order chi connectivity index (χ1) is 4.57. The molecule has 2 atom stereocenters. The van der Waals surface area contributed by atoms with Crippen LogP contribution in [0.15, 0.2) is 12.7 Å². The maximum absolute atomic E-state index is 10.5. The molecule has 0 aromatic carbocycles. The van der Waals surface area contributed by atoms with Crippen LogP contribution < -0.4 is 0 Å². The molecule has 0 aromatic heterocycles. The van der Waals surface area contributed by atoms with Crippen LogP contribution in [-0.4, -0.2) is 11.5 Å². The summed E-state index contributed by atoms with van der Waals surface area (Å²) in [6, 6.07) is 0. The van der Waals surface area contributed by atoms with E-state index in [2.05, 4.69) is 18.2 Å². The number of halogens is 1. The Labute approximate surface area is 65.8 Å². The van der Waals surface area contributed by atoms with Crippen molar-refractivity contribution < 1.29 is 9.53 Å². The van der Waals surface area contributed by atoms with E-state index in [1.807, 2.05) is 0 Å². The monoisotopic (exact) mass is 161 g/mol. The Morgan fingerprint density at radius 1 is 1.80 bits per heavy atom. The van der Waals surface area contributed by atoms with Crippen LogP contribution in [0.3, 0.4) is 0 Å². The van der Waals surface area contributed by atoms with Crippen molar-refractivity contribution in [2.45, 2.75) is 12.5 Å². The quantitative estimate of drug-likeness (QED) is 0.358. The summed E-state index contributed by atoms with van der Waals surface area (Å²) in [5.74, 6) is -0.638. The number of hydrogen-bond acceptors (Lipinski definition) is 2. The van der Waals surface area contributed by atoms with Gasteiger partial charge in [0.05, 0.1) is 0 Å². The zero-order valence-corrected chi connectivity index (χ0v) is 6.60. The van der Waals surface area contributed by atoms with Crippen molar-refractivity contribution in [1.29, 1.82) is 0 Å². The molecule has 2 unspecified atom stereocenters. The first-order valence-corrected chi connectivity index (χ1v) is 3.31. The minimum absolute atomic E-state index is 0.120. The summed E-state index contributed by atoms with van der Waals surface area (Å²) in [6.45, 7) is 8.56. The lowest BCUT2D eigenvalue weighted by Gasteiger charge is -2.11. The third kappa shape index (κ3) is 3.51. The standard InChI is InChI=1S/C7H10ClO2/c1-4-6(9)10-7(8)5(2)3/h4-5,7H,1-2H2,3H3. The van der Waals surface area contributed by atoms with Gasteiger partial charge in [0.15, 0.2) is 5.56 Å². The fraction of sp³-hybridized carbons (Fsp3) is 0.429. The highest BCUT2D eigenvalue weighted by molar-refractivity contribution is 6.20. The molecule has 2 nitrogen and oxygen atoms in total. The molecule has 0 rings (SSSR count). The number of esters is 1. The summed E-state index contributed by atoms with van der Waals surface area (Å²) >= 11 is 5.54. The fourth-order valence-corrected chi connectivity index (χ4v) is 0.363. The maximum Gasteiger partial charge on any atom is 0.331 e. The molecule has 0 fully saturated rings. The summed E-state index contributed by atoms with van der Waals surface area (Å²) in [5.41, 5.74) is -0.662. The predicted molar refractivity (Wildman–Crippen MR) is 40.5 cm³/mol. The zero-order chi connectivity index (χ0) is 8.15. The fourth-order valence-electron chi connectivity index (χ4n) is 0.275. The van der Waals surface area contributed by atoms with Crippen molar-refractivity contribution in [3.05, 3.63) is 19.6 Å². The van der Waals surface area contributed by atoms with Gasteiger partial charge >= 0.3 is 5.97 Å². The lowest BCUT2D eigenvalue weighted by Crippen LogP contribution is -2.16. The smallest absolute Gasteiger partial charge is 0.331 e. The Bertz CT molecular complexity index is 132. The van der Waals surface area contributed by atoms with Crippen LogP contribution >= 0.6 is 11.6 Å². The van der Waals surface area contributed by atoms with Crippen molar-refractivity contribution >= 4 is 17.6 Å². The molecular formula is C7H10ClO2. The topological polar surface area (TPSA) is 26.3 Å². The zero-order valence-electron chi connectivity index (χ0n) is 5.84. The first kappa shape index (κ1) is 9.50. The summed E-state index contributed by atoms with van der Waals surface area (Å²) in [6.07, 6.45) is 1.07. The largest absolute Gasteiger partial charge is 0.443 e. The van der Waals surface area contributed by atoms with Crippen molar-refractivity contribution in [3.63, 3.8) is 0 Å². The first-order valence-electron chi connectivity index (χ1n) is 2.88. The van der Waals surface area contributed by atoms with Crippen molar-refractivity contribution in [1.82, 2.24) is 0 Å². The second-order valence-corrected chi connectivity index (χ2v) is 2.40. The lowest BCUT2D eigenvalue weighted by atomic mass is 10.2. The van der Waals surface area contributed by atoms with E-state index in [0.29, 0.717) is 0 Å². The Morgan fingerprint density at radius 2 is 2.30 bits per heavy atom. The number of carbonyl (C=O) groups is 1. The SMILES string of the molecule is [CH2]C(C)C(Cl)OC(=O)C=C. The van der Waals surface area contributed by atoms with E-state index in [0.717, 1.165) is 6.08 Å². The molecule has 0 saturated carbocycles. The van der Waals surface area contributed by atoms with Gasteiger partial charge in [0.2, 0.25) is 0 Å². The van der Waals surface area contributed by atoms with Gasteiger partial charge in [-0.3, -0.25) is 0 Å². The third-order valence-corrected chi connectivity index (χ3v) is 1.36. The van der Waals surface area contributed by atoms with Gasteiger partial charge in [-0.25, -0.2) is 4.79 Å². The van der Waals surface area contributed by atoms with Crippen LogP contribution in [0.2, 0.25) is 0 Å². The average molecular weight is 162 g/mol. The van der Waals surface area contributed by atoms with Crippen molar-refractivity contribution in [3.8, 4) is 0 Å². The number of alkyl halides is 1. The van der Waals surface area contributed by atoms with E-state index in [1.54, 1.807) is 6.92 Å². The van der Waals surface area contributed by atoms with Gasteiger partial charge < -0.3 is 4.74 Å². The maximum atomic E-state index is 10.5. The number of hydrogen-bond donors (Lipinski definition) is 0. The molecule has 57 valence electrons. The highest BCUT2D eigenvalue weighted by atomic mass is 35.5. The molecule has 0 spiro atoms. The van der Waals surface area contributed by atoms with Crippen LogP contribution in [-0.2, 0) is 9.53 Å². The van der Waals surface area contributed by atoms with Gasteiger partial charge in [0.1, 0.15) is 0 Å². The van der Waals surface area contributed by atoms with Gasteiger partial charge in [-0.2, -0.15) is 0 Å². The molecule has 0 bridgehead atoms. The molecule has 0 N–H and O–H groups in total. The number of carbonyl (C=O) groups excluding carboxylic acids is 1. The summed E-state index contributed by atoms with van der Waals surface area (Å²) < 4.78 is 4.61.